The molecular formula is C25H23FN4O3. The maximum Gasteiger partial charge on any atom is 0.231 e. The molecule has 1 saturated carbocycles. The summed E-state index contributed by atoms with van der Waals surface area (Å²) in [6, 6.07) is 5.37. The molecule has 5 rings (SSSR count). The number of pyridine rings is 3. The van der Waals surface area contributed by atoms with Crippen molar-refractivity contribution >= 4 is 22.5 Å². The van der Waals surface area contributed by atoms with Crippen molar-refractivity contribution in [1.82, 2.24) is 15.0 Å². The standard InChI is InChI=1S/C25H23FN4O3/c1-15-21-14-29-23(30-24(31)20-10-22(20)26)11-19(21)16(12-27-15)2-4-18-5-3-17(13-28-18)25(32)6-8-33-9-7-25/h3,5,11-14,20,22,32H,6-10H2,1H3,(H,29,30,31)/t20-,22-/m0/s1. The fourth-order valence-electron chi connectivity index (χ4n) is 3.96. The molecule has 33 heavy (non-hydrogen) atoms. The van der Waals surface area contributed by atoms with Gasteiger partial charge in [0.1, 0.15) is 17.7 Å². The zero-order chi connectivity index (χ0) is 23.0. The van der Waals surface area contributed by atoms with E-state index in [-0.39, 0.29) is 12.3 Å². The predicted octanol–water partition coefficient (Wildman–Crippen LogP) is 3.03. The van der Waals surface area contributed by atoms with Crippen LogP contribution in [0.1, 0.15) is 41.8 Å². The Morgan fingerprint density at radius 2 is 1.94 bits per heavy atom. The van der Waals surface area contributed by atoms with Crippen LogP contribution >= 0.6 is 0 Å². The van der Waals surface area contributed by atoms with Gasteiger partial charge in [0.2, 0.25) is 5.91 Å². The lowest BCUT2D eigenvalue weighted by atomic mass is 9.87. The largest absolute Gasteiger partial charge is 0.385 e. The third-order valence-electron chi connectivity index (χ3n) is 6.22. The van der Waals surface area contributed by atoms with E-state index < -0.39 is 17.7 Å². The van der Waals surface area contributed by atoms with Gasteiger partial charge in [-0.15, -0.1) is 0 Å². The van der Waals surface area contributed by atoms with Gasteiger partial charge in [-0.3, -0.25) is 9.78 Å². The van der Waals surface area contributed by atoms with Gasteiger partial charge in [-0.05, 0) is 31.4 Å². The van der Waals surface area contributed by atoms with E-state index in [0.717, 1.165) is 22.0 Å². The molecule has 0 bridgehead atoms. The van der Waals surface area contributed by atoms with Gasteiger partial charge in [0.25, 0.3) is 0 Å². The van der Waals surface area contributed by atoms with Crippen molar-refractivity contribution in [3.63, 3.8) is 0 Å². The number of nitrogens with zero attached hydrogens (tertiary/aromatic N) is 3. The van der Waals surface area contributed by atoms with Crippen molar-refractivity contribution in [2.75, 3.05) is 18.5 Å². The maximum absolute atomic E-state index is 13.2. The highest BCUT2D eigenvalue weighted by atomic mass is 19.1. The number of nitrogens with one attached hydrogen (secondary N) is 1. The quantitative estimate of drug-likeness (QED) is 0.601. The van der Waals surface area contributed by atoms with Crippen LogP contribution in [0.5, 0.6) is 0 Å². The summed E-state index contributed by atoms with van der Waals surface area (Å²) in [4.78, 5) is 25.2. The number of halogens is 1. The van der Waals surface area contributed by atoms with Gasteiger partial charge < -0.3 is 15.2 Å². The lowest BCUT2D eigenvalue weighted by Gasteiger charge is -2.32. The zero-order valence-electron chi connectivity index (χ0n) is 18.1. The monoisotopic (exact) mass is 446 g/mol. The molecule has 8 heteroatoms. The first-order chi connectivity index (χ1) is 15.9. The fourth-order valence-corrected chi connectivity index (χ4v) is 3.96. The van der Waals surface area contributed by atoms with Gasteiger partial charge in [0.05, 0.1) is 17.1 Å². The summed E-state index contributed by atoms with van der Waals surface area (Å²) in [5.74, 6) is 5.56. The molecule has 4 heterocycles. The van der Waals surface area contributed by atoms with Crippen LogP contribution in [-0.4, -0.2) is 45.4 Å². The van der Waals surface area contributed by atoms with Crippen LogP contribution in [0.15, 0.2) is 36.8 Å². The molecule has 3 aromatic heterocycles. The van der Waals surface area contributed by atoms with Gasteiger partial charge in [-0.2, -0.15) is 0 Å². The van der Waals surface area contributed by atoms with Crippen LogP contribution < -0.4 is 5.32 Å². The molecule has 2 N–H and O–H groups in total. The number of aryl methyl sites for hydroxylation is 1. The van der Waals surface area contributed by atoms with Crippen molar-refractivity contribution in [2.24, 2.45) is 5.92 Å². The Hall–Kier alpha value is -3.41. The number of fused-ring (bicyclic) bond motifs is 1. The second kappa shape index (κ2) is 8.50. The van der Waals surface area contributed by atoms with Gasteiger partial charge in [-0.1, -0.05) is 12.0 Å². The number of anilines is 1. The topological polar surface area (TPSA) is 97.2 Å². The number of alkyl halides is 1. The van der Waals surface area contributed by atoms with E-state index in [9.17, 15) is 14.3 Å². The van der Waals surface area contributed by atoms with Crippen molar-refractivity contribution in [1.29, 1.82) is 0 Å². The molecule has 1 saturated heterocycles. The minimum absolute atomic E-state index is 0.260. The number of aliphatic hydroxyl groups is 1. The third-order valence-corrected chi connectivity index (χ3v) is 6.22. The summed E-state index contributed by atoms with van der Waals surface area (Å²) < 4.78 is 18.5. The molecule has 7 nitrogen and oxygen atoms in total. The molecule has 0 aromatic carbocycles. The Kier molecular flexibility index (Phi) is 5.52. The first-order valence-electron chi connectivity index (χ1n) is 10.9. The van der Waals surface area contributed by atoms with Crippen LogP contribution in [0.4, 0.5) is 10.2 Å². The van der Waals surface area contributed by atoms with Crippen molar-refractivity contribution in [3.8, 4) is 11.8 Å². The highest BCUT2D eigenvalue weighted by Crippen LogP contribution is 2.35. The predicted molar refractivity (Wildman–Crippen MR) is 120 cm³/mol. The van der Waals surface area contributed by atoms with Gasteiger partial charge in [0.15, 0.2) is 0 Å². The number of carbonyl (C=O) groups is 1. The Morgan fingerprint density at radius 3 is 2.64 bits per heavy atom. The molecule has 1 amide bonds. The number of rotatable bonds is 3. The minimum Gasteiger partial charge on any atom is -0.385 e. The van der Waals surface area contributed by atoms with E-state index in [1.165, 1.54) is 0 Å². The number of hydrogen-bond acceptors (Lipinski definition) is 6. The summed E-state index contributed by atoms with van der Waals surface area (Å²) in [6.45, 7) is 2.93. The summed E-state index contributed by atoms with van der Waals surface area (Å²) >= 11 is 0. The number of amides is 1. The first-order valence-corrected chi connectivity index (χ1v) is 10.9. The van der Waals surface area contributed by atoms with E-state index in [4.69, 9.17) is 4.74 Å². The molecule has 2 atom stereocenters. The van der Waals surface area contributed by atoms with E-state index in [0.29, 0.717) is 43.1 Å². The van der Waals surface area contributed by atoms with Crippen molar-refractivity contribution in [3.05, 3.63) is 59.3 Å². The second-order valence-corrected chi connectivity index (χ2v) is 8.55. The average Bonchev–Trinajstić information content (AvgIpc) is 3.56. The molecule has 2 fully saturated rings. The molecular weight excluding hydrogens is 423 g/mol. The molecule has 168 valence electrons. The summed E-state index contributed by atoms with van der Waals surface area (Å²) in [7, 11) is 0. The average molecular weight is 446 g/mol. The summed E-state index contributed by atoms with van der Waals surface area (Å²) in [5, 5.41) is 15.1. The molecule has 0 radical (unpaired) electrons. The first kappa shape index (κ1) is 21.4. The van der Waals surface area contributed by atoms with Crippen LogP contribution in [0.25, 0.3) is 10.8 Å². The Labute approximate surface area is 190 Å². The molecule has 3 aromatic rings. The van der Waals surface area contributed by atoms with Crippen LogP contribution in [0.3, 0.4) is 0 Å². The number of ether oxygens (including phenoxy) is 1. The van der Waals surface area contributed by atoms with Gasteiger partial charge in [-0.25, -0.2) is 14.4 Å². The van der Waals surface area contributed by atoms with E-state index >= 15 is 0 Å². The maximum atomic E-state index is 13.2. The van der Waals surface area contributed by atoms with E-state index in [1.807, 2.05) is 13.0 Å². The highest BCUT2D eigenvalue weighted by molar-refractivity contribution is 5.97. The Morgan fingerprint density at radius 1 is 1.15 bits per heavy atom. The molecule has 1 aliphatic carbocycles. The smallest absolute Gasteiger partial charge is 0.231 e. The minimum atomic E-state index is -1.07. The van der Waals surface area contributed by atoms with Crippen molar-refractivity contribution in [2.45, 2.75) is 38.0 Å². The van der Waals surface area contributed by atoms with E-state index in [2.05, 4.69) is 32.1 Å². The Bertz CT molecular complexity index is 1280. The van der Waals surface area contributed by atoms with E-state index in [1.54, 1.807) is 30.7 Å². The Balaban J connectivity index is 1.41. The number of aromatic nitrogens is 3. The lowest BCUT2D eigenvalue weighted by molar-refractivity contribution is -0.117. The van der Waals surface area contributed by atoms with Gasteiger partial charge >= 0.3 is 0 Å². The molecule has 0 unspecified atom stereocenters. The third kappa shape index (κ3) is 4.42. The molecule has 1 aliphatic heterocycles. The van der Waals surface area contributed by atoms with Crippen LogP contribution in [0.2, 0.25) is 0 Å². The highest BCUT2D eigenvalue weighted by Gasteiger charge is 2.43. The fraction of sp³-hybridized carbons (Fsp3) is 0.360. The zero-order valence-corrected chi connectivity index (χ0v) is 18.1. The van der Waals surface area contributed by atoms with Crippen molar-refractivity contribution < 1.29 is 19.0 Å². The lowest BCUT2D eigenvalue weighted by Crippen LogP contribution is -2.33. The number of hydrogen-bond donors (Lipinski definition) is 2. The van der Waals surface area contributed by atoms with Gasteiger partial charge in [0, 0.05) is 66.7 Å². The SMILES string of the molecule is Cc1ncc(C#Cc2ccc(C3(O)CCOCC3)cn2)c2cc(NC(=O)[C@H]3C[C@@H]3F)ncc12. The summed E-state index contributed by atoms with van der Waals surface area (Å²) in [6.07, 6.45) is 5.25. The molecule has 2 aliphatic rings. The number of carbonyl (C=O) groups excluding carboxylic acids is 1. The second-order valence-electron chi connectivity index (χ2n) is 8.55. The van der Waals surface area contributed by atoms with Crippen LogP contribution in [0, 0.1) is 24.7 Å². The van der Waals surface area contributed by atoms with Crippen LogP contribution in [-0.2, 0) is 15.1 Å². The normalized spacial score (nSPS) is 21.2. The summed E-state index contributed by atoms with van der Waals surface area (Å²) in [5.41, 5.74) is 1.87. The molecule has 0 spiro atoms.